The Balaban J connectivity index is 1.29. The van der Waals surface area contributed by atoms with Gasteiger partial charge in [0, 0.05) is 83.1 Å². The number of aliphatic hydroxyl groups is 1. The van der Waals surface area contributed by atoms with Crippen LogP contribution in [0.3, 0.4) is 0 Å². The Kier molecular flexibility index (Phi) is 6.09. The summed E-state index contributed by atoms with van der Waals surface area (Å²) in [6, 6.07) is 6.63. The normalized spacial score (nSPS) is 26.6. The molecule has 34 heavy (non-hydrogen) atoms. The number of halogens is 2. The molecule has 0 bridgehead atoms. The van der Waals surface area contributed by atoms with Crippen LogP contribution in [0.1, 0.15) is 26.3 Å². The van der Waals surface area contributed by atoms with Gasteiger partial charge in [0.1, 0.15) is 17.0 Å². The molecule has 1 N–H and O–H groups in total. The Morgan fingerprint density at radius 1 is 0.912 bits per heavy atom. The van der Waals surface area contributed by atoms with Gasteiger partial charge in [0.05, 0.1) is 13.2 Å². The van der Waals surface area contributed by atoms with Crippen molar-refractivity contribution in [1.29, 1.82) is 0 Å². The number of quaternary nitrogens is 1. The second-order valence-electron chi connectivity index (χ2n) is 10.6. The van der Waals surface area contributed by atoms with E-state index in [9.17, 15) is 13.9 Å². The van der Waals surface area contributed by atoms with E-state index < -0.39 is 11.5 Å². The molecule has 1 aromatic carbocycles. The van der Waals surface area contributed by atoms with E-state index in [1.165, 1.54) is 23.5 Å². The van der Waals surface area contributed by atoms with Gasteiger partial charge < -0.3 is 14.7 Å². The standard InChI is InChI=1S/C26H37F2N4O2/c1-25(2,33)24-18-22(23-19-32(23,24)21-6-4-20(5-7-21)26(3,27)28)31-12-10-29(11-13-31)8-9-30-14-16-34-17-15-30/h4-7,18,33H,8-17,19H2,1-3H3/q+1. The minimum absolute atomic E-state index is 0.0169. The van der Waals surface area contributed by atoms with Gasteiger partial charge in [-0.15, -0.1) is 0 Å². The summed E-state index contributed by atoms with van der Waals surface area (Å²) in [5.41, 5.74) is 3.34. The fraction of sp³-hybridized carbons (Fsp3) is 0.615. The zero-order valence-electron chi connectivity index (χ0n) is 20.6. The molecule has 3 fully saturated rings. The third-order valence-electron chi connectivity index (χ3n) is 7.72. The number of benzene rings is 1. The molecule has 1 aromatic rings. The van der Waals surface area contributed by atoms with E-state index >= 15 is 0 Å². The van der Waals surface area contributed by atoms with E-state index in [-0.39, 0.29) is 5.56 Å². The van der Waals surface area contributed by atoms with Crippen LogP contribution in [0.5, 0.6) is 0 Å². The monoisotopic (exact) mass is 475 g/mol. The Bertz CT molecular complexity index is 966. The van der Waals surface area contributed by atoms with Gasteiger partial charge in [0.25, 0.3) is 5.92 Å². The van der Waals surface area contributed by atoms with E-state index in [0.29, 0.717) is 4.48 Å². The maximum absolute atomic E-state index is 13.7. The number of hydrogen-bond acceptors (Lipinski definition) is 5. The summed E-state index contributed by atoms with van der Waals surface area (Å²) < 4.78 is 33.4. The molecule has 8 heteroatoms. The second kappa shape index (κ2) is 8.68. The van der Waals surface area contributed by atoms with Crippen LogP contribution in [0.15, 0.2) is 47.4 Å². The van der Waals surface area contributed by atoms with Gasteiger partial charge in [0.2, 0.25) is 0 Å². The van der Waals surface area contributed by atoms with Gasteiger partial charge in [-0.1, -0.05) is 0 Å². The summed E-state index contributed by atoms with van der Waals surface area (Å²) in [6.45, 7) is 15.2. The summed E-state index contributed by atoms with van der Waals surface area (Å²) in [7, 11) is 0. The predicted molar refractivity (Wildman–Crippen MR) is 129 cm³/mol. The smallest absolute Gasteiger partial charge is 0.270 e. The largest absolute Gasteiger partial charge is 0.380 e. The van der Waals surface area contributed by atoms with Crippen molar-refractivity contribution in [3.8, 4) is 0 Å². The number of nitrogens with zero attached hydrogens (tertiary/aromatic N) is 4. The van der Waals surface area contributed by atoms with Gasteiger partial charge in [-0.25, -0.2) is 13.3 Å². The van der Waals surface area contributed by atoms with Crippen LogP contribution < -0.4 is 4.48 Å². The highest BCUT2D eigenvalue weighted by Crippen LogP contribution is 2.56. The van der Waals surface area contributed by atoms with Gasteiger partial charge in [-0.3, -0.25) is 9.80 Å². The van der Waals surface area contributed by atoms with E-state index in [1.807, 2.05) is 13.8 Å². The Labute approximate surface area is 201 Å². The first kappa shape index (κ1) is 23.9. The van der Waals surface area contributed by atoms with Crippen molar-refractivity contribution in [1.82, 2.24) is 19.2 Å². The molecule has 4 heterocycles. The first-order valence-electron chi connectivity index (χ1n) is 12.4. The van der Waals surface area contributed by atoms with Crippen molar-refractivity contribution in [2.45, 2.75) is 32.3 Å². The number of rotatable bonds is 7. The highest BCUT2D eigenvalue weighted by molar-refractivity contribution is 5.71. The number of ether oxygens (including phenoxy) is 1. The van der Waals surface area contributed by atoms with Crippen LogP contribution in [-0.2, 0) is 10.7 Å². The van der Waals surface area contributed by atoms with E-state index in [0.717, 1.165) is 90.4 Å². The fourth-order valence-corrected chi connectivity index (χ4v) is 5.65. The topological polar surface area (TPSA) is 39.2 Å². The molecule has 0 aromatic heterocycles. The van der Waals surface area contributed by atoms with E-state index in [2.05, 4.69) is 20.8 Å². The SMILES string of the molecule is CC(C)(O)C1=CC(N2CCN(CCN3CCOCC3)CC2)=C2C[N+]12c1ccc(C(C)(F)F)cc1. The zero-order valence-corrected chi connectivity index (χ0v) is 20.6. The molecule has 0 spiro atoms. The van der Waals surface area contributed by atoms with Crippen molar-refractivity contribution >= 4 is 5.69 Å². The molecular formula is C26H37F2N4O2+. The van der Waals surface area contributed by atoms with Gasteiger partial charge >= 0.3 is 0 Å². The van der Waals surface area contributed by atoms with Gasteiger partial charge in [-0.2, -0.15) is 0 Å². The van der Waals surface area contributed by atoms with Crippen molar-refractivity contribution in [3.05, 3.63) is 53.0 Å². The maximum atomic E-state index is 13.7. The minimum atomic E-state index is -2.86. The van der Waals surface area contributed by atoms with Crippen LogP contribution in [0, 0.1) is 0 Å². The summed E-state index contributed by atoms with van der Waals surface area (Å²) in [5, 5.41) is 11.0. The molecule has 3 saturated heterocycles. The lowest BCUT2D eigenvalue weighted by Gasteiger charge is -2.37. The first-order valence-corrected chi connectivity index (χ1v) is 12.4. The lowest BCUT2D eigenvalue weighted by Crippen LogP contribution is -2.48. The molecule has 4 aliphatic rings. The quantitative estimate of drug-likeness (QED) is 0.485. The Morgan fingerprint density at radius 2 is 1.50 bits per heavy atom. The third kappa shape index (κ3) is 4.42. The number of allylic oxidation sites excluding steroid dienone is 1. The zero-order chi connectivity index (χ0) is 24.1. The minimum Gasteiger partial charge on any atom is -0.380 e. The number of hydrogen-bond donors (Lipinski definition) is 1. The molecule has 4 aliphatic heterocycles. The van der Waals surface area contributed by atoms with Crippen LogP contribution >= 0.6 is 0 Å². The average Bonchev–Trinajstić information content (AvgIpc) is 3.45. The summed E-state index contributed by atoms with van der Waals surface area (Å²) in [5.74, 6) is -2.86. The molecular weight excluding hydrogens is 438 g/mol. The third-order valence-corrected chi connectivity index (χ3v) is 7.72. The van der Waals surface area contributed by atoms with Crippen molar-refractivity contribution in [3.63, 3.8) is 0 Å². The molecule has 1 unspecified atom stereocenters. The van der Waals surface area contributed by atoms with Crippen molar-refractivity contribution < 1.29 is 18.6 Å². The van der Waals surface area contributed by atoms with Crippen molar-refractivity contribution in [2.75, 3.05) is 72.1 Å². The highest BCUT2D eigenvalue weighted by atomic mass is 19.3. The molecule has 0 aliphatic carbocycles. The van der Waals surface area contributed by atoms with Crippen LogP contribution in [0.2, 0.25) is 0 Å². The van der Waals surface area contributed by atoms with Gasteiger partial charge in [-0.05, 0) is 26.0 Å². The van der Waals surface area contributed by atoms with E-state index in [1.54, 1.807) is 12.1 Å². The average molecular weight is 476 g/mol. The molecule has 5 rings (SSSR count). The fourth-order valence-electron chi connectivity index (χ4n) is 5.65. The second-order valence-corrected chi connectivity index (χ2v) is 10.6. The number of piperazine rings is 1. The molecule has 0 amide bonds. The van der Waals surface area contributed by atoms with E-state index in [4.69, 9.17) is 4.74 Å². The Hall–Kier alpha value is -1.84. The number of morpholine rings is 1. The maximum Gasteiger partial charge on any atom is 0.270 e. The molecule has 1 atom stereocenters. The summed E-state index contributed by atoms with van der Waals surface area (Å²) in [6.07, 6.45) is 2.14. The van der Waals surface area contributed by atoms with Crippen LogP contribution in [0.25, 0.3) is 0 Å². The highest BCUT2D eigenvalue weighted by Gasteiger charge is 2.65. The lowest BCUT2D eigenvalue weighted by molar-refractivity contribution is 0.0174. The number of alkyl halides is 2. The molecule has 6 nitrogen and oxygen atoms in total. The summed E-state index contributed by atoms with van der Waals surface area (Å²) >= 11 is 0. The molecule has 186 valence electrons. The van der Waals surface area contributed by atoms with Gasteiger partial charge in [0.15, 0.2) is 17.9 Å². The molecule has 0 radical (unpaired) electrons. The first-order chi connectivity index (χ1) is 16.1. The van der Waals surface area contributed by atoms with Crippen LogP contribution in [0.4, 0.5) is 14.5 Å². The predicted octanol–water partition coefficient (Wildman–Crippen LogP) is 2.95. The lowest BCUT2D eigenvalue weighted by atomic mass is 10.0. The summed E-state index contributed by atoms with van der Waals surface area (Å²) in [4.78, 5) is 7.45. The van der Waals surface area contributed by atoms with Crippen LogP contribution in [-0.4, -0.2) is 97.5 Å². The number of fused-ring (bicyclic) bond motifs is 1. The van der Waals surface area contributed by atoms with Crippen molar-refractivity contribution in [2.24, 2.45) is 0 Å². The molecule has 0 saturated carbocycles. The Morgan fingerprint density at radius 3 is 2.06 bits per heavy atom.